The van der Waals surface area contributed by atoms with E-state index >= 15 is 0 Å². The molecule has 5 heteroatoms. The number of phenolic OH excluding ortho intramolecular Hbond substituents is 1. The molecule has 0 aliphatic heterocycles. The predicted molar refractivity (Wildman–Crippen MR) is 49.1 cm³/mol. The van der Waals surface area contributed by atoms with Crippen LogP contribution < -0.4 is 4.74 Å². The van der Waals surface area contributed by atoms with E-state index in [9.17, 15) is 18.7 Å². The largest absolute Gasteiger partial charge is 0.504 e. The van der Waals surface area contributed by atoms with Crippen LogP contribution in [-0.2, 0) is 11.2 Å². The molecule has 82 valence electrons. The molecule has 3 nitrogen and oxygen atoms in total. The molecule has 0 spiro atoms. The third kappa shape index (κ3) is 3.19. The van der Waals surface area contributed by atoms with Crippen molar-refractivity contribution < 1.29 is 23.4 Å². The highest BCUT2D eigenvalue weighted by molar-refractivity contribution is 5.52. The Balaban J connectivity index is 2.91. The summed E-state index contributed by atoms with van der Waals surface area (Å²) in [5.41, 5.74) is 0.391. The van der Waals surface area contributed by atoms with Crippen molar-refractivity contribution in [1.82, 2.24) is 0 Å². The summed E-state index contributed by atoms with van der Waals surface area (Å²) in [6, 6.07) is 4.29. The van der Waals surface area contributed by atoms with Gasteiger partial charge in [-0.3, -0.25) is 0 Å². The summed E-state index contributed by atoms with van der Waals surface area (Å²) in [7, 11) is 0. The van der Waals surface area contributed by atoms with Gasteiger partial charge in [0, 0.05) is 6.42 Å². The molecule has 0 saturated heterocycles. The molecule has 1 N–H and O–H groups in total. The summed E-state index contributed by atoms with van der Waals surface area (Å²) >= 11 is 0. The summed E-state index contributed by atoms with van der Waals surface area (Å²) in [6.45, 7) is -2.99. The first kappa shape index (κ1) is 11.4. The summed E-state index contributed by atoms with van der Waals surface area (Å²) in [5.74, 6) is -0.604. The van der Waals surface area contributed by atoms with Gasteiger partial charge in [-0.15, -0.1) is 0 Å². The van der Waals surface area contributed by atoms with Gasteiger partial charge in [0.2, 0.25) is 0 Å². The molecular weight excluding hydrogens is 206 g/mol. The molecule has 0 aromatic heterocycles. The van der Waals surface area contributed by atoms with Crippen LogP contribution in [0.15, 0.2) is 18.2 Å². The fourth-order valence-electron chi connectivity index (χ4n) is 1.21. The topological polar surface area (TPSA) is 46.5 Å². The first-order valence-electron chi connectivity index (χ1n) is 4.34. The standard InChI is InChI=1S/C10H10F2O3/c11-10(12)15-9-7(4-2-6-13)3-1-5-8(9)14/h1,3,5-6,10,14H,2,4H2. The van der Waals surface area contributed by atoms with Crippen LogP contribution >= 0.6 is 0 Å². The van der Waals surface area contributed by atoms with E-state index in [0.29, 0.717) is 11.8 Å². The van der Waals surface area contributed by atoms with Crippen molar-refractivity contribution in [3.05, 3.63) is 23.8 Å². The Hall–Kier alpha value is -1.65. The first-order valence-corrected chi connectivity index (χ1v) is 4.34. The van der Waals surface area contributed by atoms with Crippen LogP contribution in [-0.4, -0.2) is 18.0 Å². The maximum Gasteiger partial charge on any atom is 0.387 e. The van der Waals surface area contributed by atoms with Crippen molar-refractivity contribution in [2.45, 2.75) is 19.5 Å². The van der Waals surface area contributed by atoms with Gasteiger partial charge in [0.1, 0.15) is 6.29 Å². The molecule has 0 aliphatic carbocycles. The molecule has 0 atom stereocenters. The molecule has 0 unspecified atom stereocenters. The smallest absolute Gasteiger partial charge is 0.387 e. The molecule has 0 radical (unpaired) electrons. The molecule has 1 rings (SSSR count). The van der Waals surface area contributed by atoms with Crippen molar-refractivity contribution in [3.8, 4) is 11.5 Å². The maximum absolute atomic E-state index is 12.0. The van der Waals surface area contributed by atoms with Gasteiger partial charge in [0.15, 0.2) is 11.5 Å². The second-order valence-corrected chi connectivity index (χ2v) is 2.85. The number of aromatic hydroxyl groups is 1. The highest BCUT2D eigenvalue weighted by Gasteiger charge is 2.13. The molecule has 0 fully saturated rings. The van der Waals surface area contributed by atoms with E-state index < -0.39 is 6.61 Å². The molecule has 1 aromatic carbocycles. The van der Waals surface area contributed by atoms with Gasteiger partial charge in [-0.2, -0.15) is 8.78 Å². The minimum atomic E-state index is -2.99. The SMILES string of the molecule is O=CCCc1cccc(O)c1OC(F)F. The number of hydrogen-bond donors (Lipinski definition) is 1. The van der Waals surface area contributed by atoms with E-state index in [4.69, 9.17) is 0 Å². The molecule has 0 aliphatic rings. The molecular formula is C10H10F2O3. The number of aryl methyl sites for hydroxylation is 1. The third-order valence-corrected chi connectivity index (χ3v) is 1.81. The van der Waals surface area contributed by atoms with Crippen molar-refractivity contribution in [1.29, 1.82) is 0 Å². The van der Waals surface area contributed by atoms with E-state index in [2.05, 4.69) is 4.74 Å². The van der Waals surface area contributed by atoms with Crippen LogP contribution in [0.3, 0.4) is 0 Å². The maximum atomic E-state index is 12.0. The summed E-state index contributed by atoms with van der Waals surface area (Å²) in [5, 5.41) is 9.29. The van der Waals surface area contributed by atoms with Crippen LogP contribution in [0.5, 0.6) is 11.5 Å². The second-order valence-electron chi connectivity index (χ2n) is 2.85. The minimum Gasteiger partial charge on any atom is -0.504 e. The number of rotatable bonds is 5. The molecule has 1 aromatic rings. The van der Waals surface area contributed by atoms with E-state index in [1.807, 2.05) is 0 Å². The van der Waals surface area contributed by atoms with Gasteiger partial charge in [-0.1, -0.05) is 12.1 Å². The number of para-hydroxylation sites is 1. The molecule has 0 saturated carbocycles. The lowest BCUT2D eigenvalue weighted by molar-refractivity contribution is -0.107. The average molecular weight is 216 g/mol. The number of benzene rings is 1. The van der Waals surface area contributed by atoms with Crippen LogP contribution in [0.4, 0.5) is 8.78 Å². The Morgan fingerprint density at radius 2 is 2.20 bits per heavy atom. The molecule has 15 heavy (non-hydrogen) atoms. The lowest BCUT2D eigenvalue weighted by Gasteiger charge is -2.11. The minimum absolute atomic E-state index is 0.197. The van der Waals surface area contributed by atoms with Crippen molar-refractivity contribution >= 4 is 6.29 Å². The van der Waals surface area contributed by atoms with Crippen LogP contribution in [0.25, 0.3) is 0 Å². The lowest BCUT2D eigenvalue weighted by Crippen LogP contribution is -2.05. The van der Waals surface area contributed by atoms with E-state index in [1.165, 1.54) is 18.2 Å². The van der Waals surface area contributed by atoms with E-state index in [1.54, 1.807) is 0 Å². The van der Waals surface area contributed by atoms with Crippen molar-refractivity contribution in [3.63, 3.8) is 0 Å². The number of phenols is 1. The van der Waals surface area contributed by atoms with Gasteiger partial charge in [0.25, 0.3) is 0 Å². The number of carbonyl (C=O) groups excluding carboxylic acids is 1. The Morgan fingerprint density at radius 1 is 1.47 bits per heavy atom. The summed E-state index contributed by atoms with van der Waals surface area (Å²) in [6.07, 6.45) is 1.14. The zero-order valence-electron chi connectivity index (χ0n) is 7.82. The number of carbonyl (C=O) groups is 1. The predicted octanol–water partition coefficient (Wildman–Crippen LogP) is 2.13. The Labute approximate surface area is 85.3 Å². The van der Waals surface area contributed by atoms with Crippen molar-refractivity contribution in [2.24, 2.45) is 0 Å². The van der Waals surface area contributed by atoms with Crippen LogP contribution in [0, 0.1) is 0 Å². The number of aldehydes is 1. The molecule has 0 amide bonds. The van der Waals surface area contributed by atoms with Gasteiger partial charge < -0.3 is 14.6 Å². The highest BCUT2D eigenvalue weighted by atomic mass is 19.3. The molecule has 0 heterocycles. The lowest BCUT2D eigenvalue weighted by atomic mass is 10.1. The van der Waals surface area contributed by atoms with Gasteiger partial charge in [-0.25, -0.2) is 0 Å². The summed E-state index contributed by atoms with van der Waals surface area (Å²) < 4.78 is 28.2. The number of hydrogen-bond acceptors (Lipinski definition) is 3. The normalized spacial score (nSPS) is 10.3. The second kappa shape index (κ2) is 5.29. The average Bonchev–Trinajstić information content (AvgIpc) is 2.18. The highest BCUT2D eigenvalue weighted by Crippen LogP contribution is 2.31. The quantitative estimate of drug-likeness (QED) is 0.767. The number of ether oxygens (including phenoxy) is 1. The third-order valence-electron chi connectivity index (χ3n) is 1.81. The first-order chi connectivity index (χ1) is 7.15. The number of alkyl halides is 2. The Morgan fingerprint density at radius 3 is 2.80 bits per heavy atom. The van der Waals surface area contributed by atoms with Gasteiger partial charge >= 0.3 is 6.61 Å². The fraction of sp³-hybridized carbons (Fsp3) is 0.300. The Bertz CT molecular complexity index is 339. The monoisotopic (exact) mass is 216 g/mol. The fourth-order valence-corrected chi connectivity index (χ4v) is 1.21. The zero-order chi connectivity index (χ0) is 11.3. The van der Waals surface area contributed by atoms with Gasteiger partial charge in [0.05, 0.1) is 0 Å². The zero-order valence-corrected chi connectivity index (χ0v) is 7.82. The number of halogens is 2. The summed E-state index contributed by atoms with van der Waals surface area (Å²) in [4.78, 5) is 10.1. The van der Waals surface area contributed by atoms with E-state index in [0.717, 1.165) is 0 Å². The van der Waals surface area contributed by atoms with Crippen LogP contribution in [0.1, 0.15) is 12.0 Å². The Kier molecular flexibility index (Phi) is 4.03. The van der Waals surface area contributed by atoms with E-state index in [-0.39, 0.29) is 24.3 Å². The van der Waals surface area contributed by atoms with Crippen molar-refractivity contribution in [2.75, 3.05) is 0 Å². The van der Waals surface area contributed by atoms with Gasteiger partial charge in [-0.05, 0) is 18.1 Å². The molecule has 0 bridgehead atoms. The van der Waals surface area contributed by atoms with Crippen LogP contribution in [0.2, 0.25) is 0 Å².